The summed E-state index contributed by atoms with van der Waals surface area (Å²) in [5.74, 6) is 6.20. The molecular weight excluding hydrogens is 360 g/mol. The summed E-state index contributed by atoms with van der Waals surface area (Å²) in [5.41, 5.74) is 2.22. The van der Waals surface area contributed by atoms with Crippen LogP contribution in [0.4, 0.5) is 5.69 Å². The van der Waals surface area contributed by atoms with E-state index in [0.717, 1.165) is 18.4 Å². The quantitative estimate of drug-likeness (QED) is 0.544. The molecule has 1 aliphatic rings. The molecule has 2 aromatic heterocycles. The summed E-state index contributed by atoms with van der Waals surface area (Å²) in [7, 11) is 0. The Labute approximate surface area is 160 Å². The second-order valence-corrected chi connectivity index (χ2v) is 6.96. The standard InChI is InChI=1S/C19H16N6OS/c26-18(13-27-19-22-23-24-25(19)17-9-10-17)21-16-6-3-4-14(12-16)7-8-15-5-1-2-11-20-15/h1-6,11-12,17H,9-10,13H2,(H,21,26). The predicted octanol–water partition coefficient (Wildman–Crippen LogP) is 2.53. The van der Waals surface area contributed by atoms with E-state index in [2.05, 4.69) is 37.7 Å². The second-order valence-electron chi connectivity index (χ2n) is 6.02. The maximum atomic E-state index is 12.2. The lowest BCUT2D eigenvalue weighted by atomic mass is 10.2. The van der Waals surface area contributed by atoms with E-state index in [4.69, 9.17) is 0 Å². The van der Waals surface area contributed by atoms with Crippen LogP contribution in [-0.2, 0) is 4.79 Å². The number of carbonyl (C=O) groups is 1. The van der Waals surface area contributed by atoms with E-state index in [0.29, 0.717) is 22.6 Å². The summed E-state index contributed by atoms with van der Waals surface area (Å²) >= 11 is 1.34. The van der Waals surface area contributed by atoms with Crippen molar-refractivity contribution < 1.29 is 4.79 Å². The van der Waals surface area contributed by atoms with E-state index in [1.54, 1.807) is 10.9 Å². The van der Waals surface area contributed by atoms with E-state index >= 15 is 0 Å². The molecule has 1 aromatic carbocycles. The molecule has 3 aromatic rings. The number of tetrazole rings is 1. The lowest BCUT2D eigenvalue weighted by Crippen LogP contribution is -2.14. The fraction of sp³-hybridized carbons (Fsp3) is 0.211. The summed E-state index contributed by atoms with van der Waals surface area (Å²) < 4.78 is 1.80. The van der Waals surface area contributed by atoms with E-state index < -0.39 is 0 Å². The lowest BCUT2D eigenvalue weighted by Gasteiger charge is -2.05. The van der Waals surface area contributed by atoms with Crippen LogP contribution in [0, 0.1) is 11.8 Å². The Balaban J connectivity index is 1.35. The van der Waals surface area contributed by atoms with Crippen molar-refractivity contribution in [3.8, 4) is 11.8 Å². The van der Waals surface area contributed by atoms with E-state index in [1.165, 1.54) is 11.8 Å². The summed E-state index contributed by atoms with van der Waals surface area (Å²) in [5, 5.41) is 15.2. The van der Waals surface area contributed by atoms with Gasteiger partial charge in [-0.1, -0.05) is 29.8 Å². The Morgan fingerprint density at radius 3 is 2.96 bits per heavy atom. The number of benzene rings is 1. The van der Waals surface area contributed by atoms with Gasteiger partial charge in [-0.15, -0.1) is 5.10 Å². The van der Waals surface area contributed by atoms with Gasteiger partial charge < -0.3 is 5.32 Å². The molecule has 0 spiro atoms. The molecule has 0 saturated heterocycles. The number of hydrogen-bond acceptors (Lipinski definition) is 6. The molecule has 1 amide bonds. The van der Waals surface area contributed by atoms with Gasteiger partial charge in [0.2, 0.25) is 11.1 Å². The molecule has 8 heteroatoms. The van der Waals surface area contributed by atoms with Gasteiger partial charge in [-0.25, -0.2) is 9.67 Å². The number of hydrogen-bond donors (Lipinski definition) is 1. The first-order valence-corrected chi connectivity index (χ1v) is 9.50. The van der Waals surface area contributed by atoms with E-state index in [9.17, 15) is 4.79 Å². The van der Waals surface area contributed by atoms with Crippen LogP contribution in [0.3, 0.4) is 0 Å². The summed E-state index contributed by atoms with van der Waals surface area (Å²) in [6.07, 6.45) is 3.89. The maximum Gasteiger partial charge on any atom is 0.234 e. The molecule has 134 valence electrons. The first-order valence-electron chi connectivity index (χ1n) is 8.51. The van der Waals surface area contributed by atoms with Crippen LogP contribution in [0.15, 0.2) is 53.8 Å². The number of amides is 1. The van der Waals surface area contributed by atoms with Crippen LogP contribution in [0.1, 0.15) is 30.1 Å². The number of anilines is 1. The fourth-order valence-electron chi connectivity index (χ4n) is 2.40. The number of pyridine rings is 1. The molecule has 7 nitrogen and oxygen atoms in total. The highest BCUT2D eigenvalue weighted by molar-refractivity contribution is 7.99. The van der Waals surface area contributed by atoms with Gasteiger partial charge in [0.25, 0.3) is 0 Å². The van der Waals surface area contributed by atoms with Crippen molar-refractivity contribution in [3.05, 3.63) is 59.9 Å². The molecule has 1 N–H and O–H groups in total. The van der Waals surface area contributed by atoms with Crippen molar-refractivity contribution in [1.29, 1.82) is 0 Å². The number of nitrogens with one attached hydrogen (secondary N) is 1. The first kappa shape index (κ1) is 17.2. The minimum atomic E-state index is -0.111. The Kier molecular flexibility index (Phi) is 5.12. The van der Waals surface area contributed by atoms with Gasteiger partial charge >= 0.3 is 0 Å². The largest absolute Gasteiger partial charge is 0.325 e. The Morgan fingerprint density at radius 2 is 2.15 bits per heavy atom. The van der Waals surface area contributed by atoms with Gasteiger partial charge in [0.1, 0.15) is 5.69 Å². The molecule has 1 saturated carbocycles. The van der Waals surface area contributed by atoms with Crippen LogP contribution < -0.4 is 5.32 Å². The zero-order valence-electron chi connectivity index (χ0n) is 14.4. The summed E-state index contributed by atoms with van der Waals surface area (Å²) in [6, 6.07) is 13.4. The molecule has 2 heterocycles. The zero-order chi connectivity index (χ0) is 18.5. The average molecular weight is 376 g/mol. The van der Waals surface area contributed by atoms with Crippen molar-refractivity contribution in [1.82, 2.24) is 25.2 Å². The first-order chi connectivity index (χ1) is 13.3. The Morgan fingerprint density at radius 1 is 1.22 bits per heavy atom. The number of thioether (sulfide) groups is 1. The Hall–Kier alpha value is -3.18. The molecule has 0 unspecified atom stereocenters. The molecular formula is C19H16N6OS. The molecule has 1 fully saturated rings. The average Bonchev–Trinajstić information content (AvgIpc) is 3.43. The second kappa shape index (κ2) is 8.01. The summed E-state index contributed by atoms with van der Waals surface area (Å²) in [6.45, 7) is 0. The third-order valence-electron chi connectivity index (χ3n) is 3.83. The zero-order valence-corrected chi connectivity index (χ0v) is 15.2. The molecule has 0 radical (unpaired) electrons. The minimum absolute atomic E-state index is 0.111. The van der Waals surface area contributed by atoms with Crippen molar-refractivity contribution >= 4 is 23.4 Å². The predicted molar refractivity (Wildman–Crippen MR) is 102 cm³/mol. The van der Waals surface area contributed by atoms with Gasteiger partial charge in [0, 0.05) is 17.4 Å². The van der Waals surface area contributed by atoms with Crippen LogP contribution in [0.2, 0.25) is 0 Å². The van der Waals surface area contributed by atoms with Gasteiger partial charge in [-0.05, 0) is 59.5 Å². The molecule has 27 heavy (non-hydrogen) atoms. The van der Waals surface area contributed by atoms with Crippen LogP contribution in [-0.4, -0.2) is 36.9 Å². The van der Waals surface area contributed by atoms with Gasteiger partial charge in [-0.2, -0.15) is 0 Å². The van der Waals surface area contributed by atoms with Crippen molar-refractivity contribution in [2.24, 2.45) is 0 Å². The van der Waals surface area contributed by atoms with E-state index in [-0.39, 0.29) is 11.7 Å². The van der Waals surface area contributed by atoms with Crippen LogP contribution in [0.25, 0.3) is 0 Å². The minimum Gasteiger partial charge on any atom is -0.325 e. The smallest absolute Gasteiger partial charge is 0.234 e. The van der Waals surface area contributed by atoms with Crippen LogP contribution >= 0.6 is 11.8 Å². The van der Waals surface area contributed by atoms with Gasteiger partial charge in [-0.3, -0.25) is 4.79 Å². The van der Waals surface area contributed by atoms with Crippen LogP contribution in [0.5, 0.6) is 0 Å². The molecule has 0 atom stereocenters. The molecule has 0 aliphatic heterocycles. The third kappa shape index (κ3) is 4.71. The molecule has 0 bridgehead atoms. The number of carbonyl (C=O) groups excluding carboxylic acids is 1. The topological polar surface area (TPSA) is 85.6 Å². The monoisotopic (exact) mass is 376 g/mol. The van der Waals surface area contributed by atoms with Gasteiger partial charge in [0.15, 0.2) is 0 Å². The number of nitrogens with zero attached hydrogens (tertiary/aromatic N) is 5. The highest BCUT2D eigenvalue weighted by atomic mass is 32.2. The van der Waals surface area contributed by atoms with Gasteiger partial charge in [0.05, 0.1) is 11.8 Å². The highest BCUT2D eigenvalue weighted by Crippen LogP contribution is 2.36. The van der Waals surface area contributed by atoms with E-state index in [1.807, 2.05) is 42.5 Å². The Bertz CT molecular complexity index is 1000. The molecule has 4 rings (SSSR count). The SMILES string of the molecule is O=C(CSc1nnnn1C1CC1)Nc1cccc(C#Cc2ccccn2)c1. The van der Waals surface area contributed by atoms with Crippen molar-refractivity contribution in [3.63, 3.8) is 0 Å². The number of rotatable bonds is 5. The maximum absolute atomic E-state index is 12.2. The normalized spacial score (nSPS) is 12.9. The summed E-state index contributed by atoms with van der Waals surface area (Å²) in [4.78, 5) is 16.4. The van der Waals surface area contributed by atoms with Crippen molar-refractivity contribution in [2.45, 2.75) is 24.0 Å². The fourth-order valence-corrected chi connectivity index (χ4v) is 3.15. The third-order valence-corrected chi connectivity index (χ3v) is 4.77. The highest BCUT2D eigenvalue weighted by Gasteiger charge is 2.28. The number of aromatic nitrogens is 5. The van der Waals surface area contributed by atoms with Crippen molar-refractivity contribution in [2.75, 3.05) is 11.1 Å². The molecule has 1 aliphatic carbocycles. The lowest BCUT2D eigenvalue weighted by molar-refractivity contribution is -0.113.